The zero-order valence-electron chi connectivity index (χ0n) is 7.11. The molecule has 0 unspecified atom stereocenters. The van der Waals surface area contributed by atoms with E-state index in [4.69, 9.17) is 27.9 Å². The summed E-state index contributed by atoms with van der Waals surface area (Å²) in [6, 6.07) is 0. The van der Waals surface area contributed by atoms with E-state index in [1.165, 1.54) is 0 Å². The van der Waals surface area contributed by atoms with Gasteiger partial charge in [-0.25, -0.2) is 4.79 Å². The van der Waals surface area contributed by atoms with Crippen LogP contribution in [0.4, 0.5) is 0 Å². The molecule has 1 N–H and O–H groups in total. The second-order valence-corrected chi connectivity index (χ2v) is 4.15. The normalized spacial score (nSPS) is 36.8. The Morgan fingerprint density at radius 3 is 3.00 bits per heavy atom. The molecule has 0 bridgehead atoms. The molecular formula is C9H8Cl2O3. The van der Waals surface area contributed by atoms with Crippen molar-refractivity contribution in [3.05, 3.63) is 22.8 Å². The Kier molecular flexibility index (Phi) is 2.56. The van der Waals surface area contributed by atoms with Gasteiger partial charge in [0.1, 0.15) is 11.1 Å². The summed E-state index contributed by atoms with van der Waals surface area (Å²) < 4.78 is 4.96. The highest BCUT2D eigenvalue weighted by Crippen LogP contribution is 2.32. The van der Waals surface area contributed by atoms with Crippen molar-refractivity contribution < 1.29 is 14.6 Å². The SMILES string of the molecule is O=C1O[C@H]2C[C@H](O)[C@@H](Cl)C=CC2=C1Cl. The lowest BCUT2D eigenvalue weighted by Crippen LogP contribution is -2.24. The molecule has 2 aliphatic rings. The first-order valence-corrected chi connectivity index (χ1v) is 5.02. The molecule has 5 heteroatoms. The molecule has 0 saturated carbocycles. The highest BCUT2D eigenvalue weighted by atomic mass is 35.5. The monoisotopic (exact) mass is 234 g/mol. The Bertz CT molecular complexity index is 335. The van der Waals surface area contributed by atoms with Gasteiger partial charge in [-0.2, -0.15) is 0 Å². The average molecular weight is 235 g/mol. The first-order valence-electron chi connectivity index (χ1n) is 4.20. The molecule has 1 aliphatic heterocycles. The summed E-state index contributed by atoms with van der Waals surface area (Å²) >= 11 is 11.6. The van der Waals surface area contributed by atoms with E-state index in [-0.39, 0.29) is 5.03 Å². The maximum atomic E-state index is 11.1. The third-order valence-electron chi connectivity index (χ3n) is 2.31. The van der Waals surface area contributed by atoms with Crippen LogP contribution in [0, 0.1) is 0 Å². The Morgan fingerprint density at radius 1 is 1.57 bits per heavy atom. The molecule has 0 radical (unpaired) electrons. The molecule has 76 valence electrons. The summed E-state index contributed by atoms with van der Waals surface area (Å²) in [5.41, 5.74) is 0.610. The highest BCUT2D eigenvalue weighted by molar-refractivity contribution is 6.42. The van der Waals surface area contributed by atoms with Crippen LogP contribution in [-0.2, 0) is 9.53 Å². The van der Waals surface area contributed by atoms with Gasteiger partial charge in [0.2, 0.25) is 0 Å². The summed E-state index contributed by atoms with van der Waals surface area (Å²) in [6.45, 7) is 0. The Labute approximate surface area is 90.9 Å². The second-order valence-electron chi connectivity index (χ2n) is 3.27. The molecular weight excluding hydrogens is 227 g/mol. The molecule has 1 aliphatic carbocycles. The smallest absolute Gasteiger partial charge is 0.350 e. The molecule has 0 aromatic rings. The fourth-order valence-electron chi connectivity index (χ4n) is 1.53. The van der Waals surface area contributed by atoms with E-state index in [0.717, 1.165) is 0 Å². The van der Waals surface area contributed by atoms with Crippen molar-refractivity contribution in [1.29, 1.82) is 0 Å². The van der Waals surface area contributed by atoms with Crippen LogP contribution in [0.3, 0.4) is 0 Å². The standard InChI is InChI=1S/C9H8Cl2O3/c10-5-2-1-4-7(3-6(5)12)14-9(13)8(4)11/h1-2,5-7,12H,3H2/t5-,6-,7-/m0/s1. The van der Waals surface area contributed by atoms with E-state index in [1.54, 1.807) is 12.2 Å². The van der Waals surface area contributed by atoms with Gasteiger partial charge in [-0.05, 0) is 0 Å². The predicted octanol–water partition coefficient (Wildman–Crippen LogP) is 1.33. The van der Waals surface area contributed by atoms with E-state index in [2.05, 4.69) is 0 Å². The molecule has 0 aromatic carbocycles. The number of hydrogen-bond acceptors (Lipinski definition) is 3. The molecule has 0 amide bonds. The minimum atomic E-state index is -0.717. The van der Waals surface area contributed by atoms with Crippen LogP contribution in [0.25, 0.3) is 0 Å². The third kappa shape index (κ3) is 1.56. The third-order valence-corrected chi connectivity index (χ3v) is 3.12. The van der Waals surface area contributed by atoms with E-state index < -0.39 is 23.6 Å². The van der Waals surface area contributed by atoms with E-state index in [1.807, 2.05) is 0 Å². The number of hydrogen-bond donors (Lipinski definition) is 1. The zero-order valence-corrected chi connectivity index (χ0v) is 8.63. The zero-order chi connectivity index (χ0) is 10.3. The number of ether oxygens (including phenoxy) is 1. The van der Waals surface area contributed by atoms with Gasteiger partial charge in [0.25, 0.3) is 0 Å². The number of carbonyl (C=O) groups excluding carboxylic acids is 1. The second kappa shape index (κ2) is 3.57. The Morgan fingerprint density at radius 2 is 2.29 bits per heavy atom. The average Bonchev–Trinajstić information content (AvgIpc) is 2.30. The largest absolute Gasteiger partial charge is 0.453 e. The van der Waals surface area contributed by atoms with Crippen molar-refractivity contribution in [3.63, 3.8) is 0 Å². The van der Waals surface area contributed by atoms with Gasteiger partial charge in [0.15, 0.2) is 0 Å². The van der Waals surface area contributed by atoms with Crippen molar-refractivity contribution in [2.24, 2.45) is 0 Å². The van der Waals surface area contributed by atoms with Crippen LogP contribution in [0.1, 0.15) is 6.42 Å². The lowest BCUT2D eigenvalue weighted by Gasteiger charge is -2.15. The maximum Gasteiger partial charge on any atom is 0.350 e. The Balaban J connectivity index is 2.34. The summed E-state index contributed by atoms with van der Waals surface area (Å²) in [5, 5.41) is 9.16. The quantitative estimate of drug-likeness (QED) is 0.509. The summed E-state index contributed by atoms with van der Waals surface area (Å²) in [6.07, 6.45) is 2.38. The van der Waals surface area contributed by atoms with E-state index >= 15 is 0 Å². The summed E-state index contributed by atoms with van der Waals surface area (Å²) in [5.74, 6) is -0.531. The fourth-order valence-corrected chi connectivity index (χ4v) is 1.94. The molecule has 1 heterocycles. The predicted molar refractivity (Wildman–Crippen MR) is 52.2 cm³/mol. The highest BCUT2D eigenvalue weighted by Gasteiger charge is 2.36. The summed E-state index contributed by atoms with van der Waals surface area (Å²) in [4.78, 5) is 11.1. The number of rotatable bonds is 0. The minimum absolute atomic E-state index is 0.0872. The number of fused-ring (bicyclic) bond motifs is 1. The first kappa shape index (κ1) is 10.0. The van der Waals surface area contributed by atoms with Crippen LogP contribution in [0.15, 0.2) is 22.8 Å². The Hall–Kier alpha value is -0.510. The number of aliphatic hydroxyl groups excluding tert-OH is 1. The number of aliphatic hydroxyl groups is 1. The van der Waals surface area contributed by atoms with Gasteiger partial charge in [-0.1, -0.05) is 23.8 Å². The lowest BCUT2D eigenvalue weighted by molar-refractivity contribution is -0.139. The maximum absolute atomic E-state index is 11.1. The number of halogens is 2. The van der Waals surface area contributed by atoms with Crippen molar-refractivity contribution in [2.45, 2.75) is 24.0 Å². The van der Waals surface area contributed by atoms with Crippen molar-refractivity contribution in [3.8, 4) is 0 Å². The minimum Gasteiger partial charge on any atom is -0.453 e. The molecule has 3 atom stereocenters. The number of esters is 1. The van der Waals surface area contributed by atoms with Gasteiger partial charge in [-0.15, -0.1) is 11.6 Å². The van der Waals surface area contributed by atoms with Gasteiger partial charge in [0, 0.05) is 12.0 Å². The van der Waals surface area contributed by atoms with E-state index in [0.29, 0.717) is 12.0 Å². The van der Waals surface area contributed by atoms with Gasteiger partial charge in [0.05, 0.1) is 11.5 Å². The van der Waals surface area contributed by atoms with Gasteiger partial charge in [-0.3, -0.25) is 0 Å². The molecule has 3 nitrogen and oxygen atoms in total. The lowest BCUT2D eigenvalue weighted by atomic mass is 10.1. The van der Waals surface area contributed by atoms with Crippen LogP contribution in [0.5, 0.6) is 0 Å². The van der Waals surface area contributed by atoms with E-state index in [9.17, 15) is 9.90 Å². The first-order chi connectivity index (χ1) is 6.59. The van der Waals surface area contributed by atoms with Crippen molar-refractivity contribution >= 4 is 29.2 Å². The van der Waals surface area contributed by atoms with Gasteiger partial charge >= 0.3 is 5.97 Å². The van der Waals surface area contributed by atoms with Crippen molar-refractivity contribution in [1.82, 2.24) is 0 Å². The molecule has 14 heavy (non-hydrogen) atoms. The summed E-state index contributed by atoms with van der Waals surface area (Å²) in [7, 11) is 0. The number of carbonyl (C=O) groups is 1. The fraction of sp³-hybridized carbons (Fsp3) is 0.444. The molecule has 0 spiro atoms. The van der Waals surface area contributed by atoms with Crippen molar-refractivity contribution in [2.75, 3.05) is 0 Å². The molecule has 2 rings (SSSR count). The van der Waals surface area contributed by atoms with Crippen LogP contribution in [0.2, 0.25) is 0 Å². The van der Waals surface area contributed by atoms with Crippen LogP contribution < -0.4 is 0 Å². The topological polar surface area (TPSA) is 46.5 Å². The van der Waals surface area contributed by atoms with Gasteiger partial charge < -0.3 is 9.84 Å². The van der Waals surface area contributed by atoms with Crippen LogP contribution >= 0.6 is 23.2 Å². The number of alkyl halides is 1. The molecule has 0 aromatic heterocycles. The molecule has 0 fully saturated rings. The molecule has 0 saturated heterocycles. The van der Waals surface area contributed by atoms with Crippen LogP contribution in [-0.4, -0.2) is 28.7 Å².